The molecule has 0 spiro atoms. The first-order valence-electron chi connectivity index (χ1n) is 7.51. The minimum absolute atomic E-state index is 0.0907. The highest BCUT2D eigenvalue weighted by Crippen LogP contribution is 2.18. The highest BCUT2D eigenvalue weighted by molar-refractivity contribution is 6.02. The Morgan fingerprint density at radius 1 is 1.00 bits per heavy atom. The third-order valence-corrected chi connectivity index (χ3v) is 3.62. The summed E-state index contributed by atoms with van der Waals surface area (Å²) in [6.07, 6.45) is 0.0993. The Balaban J connectivity index is 2.44. The zero-order valence-electron chi connectivity index (χ0n) is 14.1. The van der Waals surface area contributed by atoms with Crippen molar-refractivity contribution in [2.75, 3.05) is 5.32 Å². The molecular formula is C18H25NO3. The van der Waals surface area contributed by atoms with E-state index in [9.17, 15) is 14.4 Å². The number of rotatable bonds is 6. The zero-order chi connectivity index (χ0) is 16.9. The molecule has 1 amide bonds. The van der Waals surface area contributed by atoms with Crippen LogP contribution in [0.15, 0.2) is 18.2 Å². The van der Waals surface area contributed by atoms with Gasteiger partial charge in [-0.15, -0.1) is 0 Å². The lowest BCUT2D eigenvalue weighted by atomic mass is 9.87. The number of hydrogen-bond donors (Lipinski definition) is 1. The lowest BCUT2D eigenvalue weighted by Crippen LogP contribution is -2.23. The Kier molecular flexibility index (Phi) is 6.03. The normalized spacial score (nSPS) is 11.1. The number of carbonyl (C=O) groups excluding carboxylic acids is 3. The summed E-state index contributed by atoms with van der Waals surface area (Å²) in [5, 5.41) is 2.77. The number of benzene rings is 1. The molecular weight excluding hydrogens is 278 g/mol. The number of aryl methyl sites for hydroxylation is 2. The van der Waals surface area contributed by atoms with Crippen molar-refractivity contribution in [2.45, 2.75) is 53.9 Å². The smallest absolute Gasteiger partial charge is 0.224 e. The van der Waals surface area contributed by atoms with E-state index in [0.29, 0.717) is 0 Å². The highest BCUT2D eigenvalue weighted by atomic mass is 16.2. The van der Waals surface area contributed by atoms with Crippen LogP contribution in [-0.4, -0.2) is 17.5 Å². The van der Waals surface area contributed by atoms with Crippen LogP contribution in [0.4, 0.5) is 5.69 Å². The van der Waals surface area contributed by atoms with Gasteiger partial charge < -0.3 is 5.32 Å². The van der Waals surface area contributed by atoms with Crippen LogP contribution >= 0.6 is 0 Å². The monoisotopic (exact) mass is 303 g/mol. The highest BCUT2D eigenvalue weighted by Gasteiger charge is 2.23. The van der Waals surface area contributed by atoms with Crippen molar-refractivity contribution in [3.05, 3.63) is 29.3 Å². The fourth-order valence-electron chi connectivity index (χ4n) is 1.83. The number of ketones is 2. The summed E-state index contributed by atoms with van der Waals surface area (Å²) in [4.78, 5) is 35.4. The minimum atomic E-state index is -0.517. The quantitative estimate of drug-likeness (QED) is 0.817. The molecule has 0 fully saturated rings. The van der Waals surface area contributed by atoms with Crippen molar-refractivity contribution in [1.29, 1.82) is 0 Å². The molecule has 0 saturated carbocycles. The lowest BCUT2D eigenvalue weighted by Gasteiger charge is -2.15. The van der Waals surface area contributed by atoms with Gasteiger partial charge in [-0.2, -0.15) is 0 Å². The first-order chi connectivity index (χ1) is 10.1. The number of amides is 1. The summed E-state index contributed by atoms with van der Waals surface area (Å²) in [6.45, 7) is 9.34. The Bertz CT molecular complexity index is 582. The SMILES string of the molecule is Cc1ccc(NC(=O)CCC(=O)CC(=O)C(C)(C)C)cc1C. The van der Waals surface area contributed by atoms with E-state index in [1.54, 1.807) is 20.8 Å². The van der Waals surface area contributed by atoms with Gasteiger partial charge in [0.25, 0.3) is 0 Å². The van der Waals surface area contributed by atoms with Crippen molar-refractivity contribution in [3.8, 4) is 0 Å². The van der Waals surface area contributed by atoms with E-state index in [4.69, 9.17) is 0 Å². The Morgan fingerprint density at radius 2 is 1.64 bits per heavy atom. The number of carbonyl (C=O) groups is 3. The summed E-state index contributed by atoms with van der Waals surface area (Å²) in [5.41, 5.74) is 2.47. The second-order valence-corrected chi connectivity index (χ2v) is 6.74. The van der Waals surface area contributed by atoms with Crippen LogP contribution in [0.1, 0.15) is 51.2 Å². The van der Waals surface area contributed by atoms with Crippen LogP contribution < -0.4 is 5.32 Å². The van der Waals surface area contributed by atoms with E-state index in [2.05, 4.69) is 5.32 Å². The van der Waals surface area contributed by atoms with E-state index >= 15 is 0 Å². The van der Waals surface area contributed by atoms with Crippen LogP contribution in [0.25, 0.3) is 0 Å². The maximum Gasteiger partial charge on any atom is 0.224 e. The Labute approximate surface area is 132 Å². The molecule has 0 bridgehead atoms. The first-order valence-corrected chi connectivity index (χ1v) is 7.51. The molecule has 1 N–H and O–H groups in total. The summed E-state index contributed by atoms with van der Waals surface area (Å²) in [5.74, 6) is -0.484. The van der Waals surface area contributed by atoms with Gasteiger partial charge in [0.05, 0.1) is 6.42 Å². The van der Waals surface area contributed by atoms with Gasteiger partial charge in [-0.05, 0) is 37.1 Å². The maximum absolute atomic E-state index is 11.8. The van der Waals surface area contributed by atoms with Crippen LogP contribution in [0.3, 0.4) is 0 Å². The van der Waals surface area contributed by atoms with E-state index in [1.165, 1.54) is 0 Å². The first kappa shape index (κ1) is 18.1. The molecule has 4 heteroatoms. The van der Waals surface area contributed by atoms with Crippen molar-refractivity contribution in [1.82, 2.24) is 0 Å². The number of hydrogen-bond acceptors (Lipinski definition) is 3. The minimum Gasteiger partial charge on any atom is -0.326 e. The van der Waals surface area contributed by atoms with E-state index in [1.807, 2.05) is 32.0 Å². The Morgan fingerprint density at radius 3 is 2.18 bits per heavy atom. The molecule has 0 unspecified atom stereocenters. The maximum atomic E-state index is 11.8. The van der Waals surface area contributed by atoms with Gasteiger partial charge in [0.15, 0.2) is 0 Å². The van der Waals surface area contributed by atoms with Gasteiger partial charge in [0.1, 0.15) is 11.6 Å². The standard InChI is InChI=1S/C18H25NO3/c1-12-6-7-14(10-13(12)2)19-17(22)9-8-15(20)11-16(21)18(3,4)5/h6-7,10H,8-9,11H2,1-5H3,(H,19,22). The molecule has 1 aromatic carbocycles. The molecule has 1 aromatic rings. The average Bonchev–Trinajstić information content (AvgIpc) is 2.39. The van der Waals surface area contributed by atoms with Crippen LogP contribution in [-0.2, 0) is 14.4 Å². The third kappa shape index (κ3) is 5.80. The average molecular weight is 303 g/mol. The van der Waals surface area contributed by atoms with Crippen molar-refractivity contribution < 1.29 is 14.4 Å². The van der Waals surface area contributed by atoms with Gasteiger partial charge in [-0.3, -0.25) is 14.4 Å². The summed E-state index contributed by atoms with van der Waals surface area (Å²) < 4.78 is 0. The van der Waals surface area contributed by atoms with Crippen molar-refractivity contribution in [2.24, 2.45) is 5.41 Å². The van der Waals surface area contributed by atoms with E-state index in [0.717, 1.165) is 16.8 Å². The molecule has 4 nitrogen and oxygen atoms in total. The number of Topliss-reactive ketones (excluding diaryl/α,β-unsaturated/α-hetero) is 2. The molecule has 0 saturated heterocycles. The molecule has 120 valence electrons. The third-order valence-electron chi connectivity index (χ3n) is 3.62. The fraction of sp³-hybridized carbons (Fsp3) is 0.500. The molecule has 0 aromatic heterocycles. The summed E-state index contributed by atoms with van der Waals surface area (Å²) in [7, 11) is 0. The fourth-order valence-corrected chi connectivity index (χ4v) is 1.83. The van der Waals surface area contributed by atoms with Crippen molar-refractivity contribution >= 4 is 23.2 Å². The molecule has 1 rings (SSSR count). The van der Waals surface area contributed by atoms with Crippen LogP contribution in [0, 0.1) is 19.3 Å². The second-order valence-electron chi connectivity index (χ2n) is 6.74. The van der Waals surface area contributed by atoms with Gasteiger partial charge in [-0.1, -0.05) is 26.8 Å². The van der Waals surface area contributed by atoms with E-state index in [-0.39, 0.29) is 36.7 Å². The topological polar surface area (TPSA) is 63.2 Å². The molecule has 0 atom stereocenters. The van der Waals surface area contributed by atoms with E-state index < -0.39 is 5.41 Å². The van der Waals surface area contributed by atoms with Crippen molar-refractivity contribution in [3.63, 3.8) is 0 Å². The number of nitrogens with one attached hydrogen (secondary N) is 1. The molecule has 0 aliphatic heterocycles. The summed E-state index contributed by atoms with van der Waals surface area (Å²) >= 11 is 0. The Hall–Kier alpha value is -1.97. The molecule has 0 radical (unpaired) electrons. The molecule has 22 heavy (non-hydrogen) atoms. The van der Waals surface area contributed by atoms with Gasteiger partial charge >= 0.3 is 0 Å². The summed E-state index contributed by atoms with van der Waals surface area (Å²) in [6, 6.07) is 5.68. The number of anilines is 1. The van der Waals surface area contributed by atoms with Crippen LogP contribution in [0.2, 0.25) is 0 Å². The predicted octanol–water partition coefficient (Wildman–Crippen LogP) is 3.60. The second kappa shape index (κ2) is 7.34. The molecule has 0 heterocycles. The lowest BCUT2D eigenvalue weighted by molar-refractivity contribution is -0.132. The van der Waals surface area contributed by atoms with Gasteiger partial charge in [0.2, 0.25) is 5.91 Å². The molecule has 0 aliphatic carbocycles. The largest absolute Gasteiger partial charge is 0.326 e. The van der Waals surface area contributed by atoms with Gasteiger partial charge in [0, 0.05) is 23.9 Å². The van der Waals surface area contributed by atoms with Gasteiger partial charge in [-0.25, -0.2) is 0 Å². The predicted molar refractivity (Wildman–Crippen MR) is 87.9 cm³/mol. The molecule has 0 aliphatic rings. The van der Waals surface area contributed by atoms with Crippen LogP contribution in [0.5, 0.6) is 0 Å². The zero-order valence-corrected chi connectivity index (χ0v) is 14.1.